The second-order valence-corrected chi connectivity index (χ2v) is 9.26. The normalized spacial score (nSPS) is 15.8. The summed E-state index contributed by atoms with van der Waals surface area (Å²) < 4.78 is 28.6. The molecule has 0 radical (unpaired) electrons. The smallest absolute Gasteiger partial charge is 0.276 e. The number of hydrogen-bond donors (Lipinski definition) is 1. The van der Waals surface area contributed by atoms with Crippen LogP contribution in [0, 0.1) is 0 Å². The maximum Gasteiger partial charge on any atom is 0.276 e. The summed E-state index contributed by atoms with van der Waals surface area (Å²) in [6, 6.07) is 8.85. The Morgan fingerprint density at radius 2 is 1.87 bits per heavy atom. The molecule has 0 spiro atoms. The van der Waals surface area contributed by atoms with E-state index in [9.17, 15) is 18.0 Å². The molecule has 3 rings (SSSR count). The highest BCUT2D eigenvalue weighted by Gasteiger charge is 2.27. The van der Waals surface area contributed by atoms with Crippen LogP contribution in [0.2, 0.25) is 0 Å². The number of likely N-dealkylation sites (N-methyl/N-ethyl adjacent to an activating group) is 1. The van der Waals surface area contributed by atoms with Gasteiger partial charge in [-0.3, -0.25) is 9.59 Å². The van der Waals surface area contributed by atoms with Gasteiger partial charge in [0.2, 0.25) is 10.0 Å². The number of benzene rings is 1. The number of anilines is 1. The van der Waals surface area contributed by atoms with E-state index in [-0.39, 0.29) is 16.1 Å². The van der Waals surface area contributed by atoms with Gasteiger partial charge in [-0.15, -0.1) is 0 Å². The Morgan fingerprint density at radius 1 is 1.13 bits per heavy atom. The number of unbranched alkanes of at least 4 members (excludes halogenated alkanes) is 1. The number of carbonyl (C=O) groups is 1. The van der Waals surface area contributed by atoms with E-state index >= 15 is 0 Å². The second-order valence-electron chi connectivity index (χ2n) is 7.32. The van der Waals surface area contributed by atoms with E-state index in [1.54, 1.807) is 12.1 Å². The molecule has 30 heavy (non-hydrogen) atoms. The first-order valence-electron chi connectivity index (χ1n) is 9.99. The van der Waals surface area contributed by atoms with Crippen LogP contribution in [-0.4, -0.2) is 66.5 Å². The highest BCUT2D eigenvalue weighted by Crippen LogP contribution is 2.21. The third-order valence-electron chi connectivity index (χ3n) is 5.01. The topological polar surface area (TPSA) is 105 Å². The standard InChI is InChI=1S/C20H27N5O4S/c1-3-4-10-25-19(26)9-8-18(22-25)20(27)21-16-6-5-7-17(15-16)30(28,29)24-13-11-23(2)12-14-24/h5-9,15H,3-4,10-14H2,1-2H3,(H,21,27). The Hall–Kier alpha value is -2.56. The average Bonchev–Trinajstić information content (AvgIpc) is 2.73. The molecule has 2 aromatic rings. The first-order valence-corrected chi connectivity index (χ1v) is 11.4. The van der Waals surface area contributed by atoms with E-state index in [0.29, 0.717) is 38.4 Å². The van der Waals surface area contributed by atoms with Gasteiger partial charge < -0.3 is 10.2 Å². The highest BCUT2D eigenvalue weighted by atomic mass is 32.2. The van der Waals surface area contributed by atoms with Crippen LogP contribution in [0.1, 0.15) is 30.3 Å². The number of sulfonamides is 1. The molecule has 0 aliphatic carbocycles. The number of nitrogens with one attached hydrogen (secondary N) is 1. The molecule has 10 heteroatoms. The molecule has 1 N–H and O–H groups in total. The fourth-order valence-electron chi connectivity index (χ4n) is 3.15. The van der Waals surface area contributed by atoms with Crippen molar-refractivity contribution in [1.82, 2.24) is 19.0 Å². The lowest BCUT2D eigenvalue weighted by Gasteiger charge is -2.31. The van der Waals surface area contributed by atoms with Gasteiger partial charge in [-0.25, -0.2) is 13.1 Å². The predicted molar refractivity (Wildman–Crippen MR) is 114 cm³/mol. The lowest BCUT2D eigenvalue weighted by molar-refractivity contribution is 0.101. The fraction of sp³-hybridized carbons (Fsp3) is 0.450. The number of piperazine rings is 1. The van der Waals surface area contributed by atoms with Gasteiger partial charge in [0.25, 0.3) is 11.5 Å². The predicted octanol–water partition coefficient (Wildman–Crippen LogP) is 1.23. The van der Waals surface area contributed by atoms with Gasteiger partial charge in [0, 0.05) is 44.5 Å². The van der Waals surface area contributed by atoms with Crippen molar-refractivity contribution in [3.05, 3.63) is 52.4 Å². The Bertz CT molecular complexity index is 1060. The van der Waals surface area contributed by atoms with Crippen molar-refractivity contribution >= 4 is 21.6 Å². The largest absolute Gasteiger partial charge is 0.321 e. The van der Waals surface area contributed by atoms with Crippen molar-refractivity contribution in [1.29, 1.82) is 0 Å². The Kier molecular flexibility index (Phi) is 7.01. The maximum absolute atomic E-state index is 12.9. The molecular formula is C20H27N5O4S. The van der Waals surface area contributed by atoms with Crippen LogP contribution in [-0.2, 0) is 16.6 Å². The monoisotopic (exact) mass is 433 g/mol. The molecule has 1 aliphatic rings. The Morgan fingerprint density at radius 3 is 2.57 bits per heavy atom. The summed E-state index contributed by atoms with van der Waals surface area (Å²) in [5.41, 5.74) is 0.182. The first kappa shape index (κ1) is 22.1. The van der Waals surface area contributed by atoms with Gasteiger partial charge in [-0.2, -0.15) is 9.40 Å². The Labute approximate surface area is 176 Å². The van der Waals surface area contributed by atoms with E-state index in [1.165, 1.54) is 33.3 Å². The second kappa shape index (κ2) is 9.50. The van der Waals surface area contributed by atoms with E-state index in [2.05, 4.69) is 15.3 Å². The van der Waals surface area contributed by atoms with Crippen molar-refractivity contribution in [2.45, 2.75) is 31.2 Å². The summed E-state index contributed by atoms with van der Waals surface area (Å²) in [4.78, 5) is 26.7. The summed E-state index contributed by atoms with van der Waals surface area (Å²) in [6.45, 7) is 4.65. The molecule has 1 fully saturated rings. The fourth-order valence-corrected chi connectivity index (χ4v) is 4.61. The molecule has 0 bridgehead atoms. The summed E-state index contributed by atoms with van der Waals surface area (Å²) in [7, 11) is -1.68. The van der Waals surface area contributed by atoms with Crippen LogP contribution in [0.4, 0.5) is 5.69 Å². The molecule has 2 heterocycles. The lowest BCUT2D eigenvalue weighted by atomic mass is 10.3. The molecule has 1 saturated heterocycles. The summed E-state index contributed by atoms with van der Waals surface area (Å²) in [5.74, 6) is -0.505. The molecule has 0 atom stereocenters. The quantitative estimate of drug-likeness (QED) is 0.704. The van der Waals surface area contributed by atoms with Gasteiger partial charge in [0.15, 0.2) is 0 Å². The van der Waals surface area contributed by atoms with Crippen LogP contribution >= 0.6 is 0 Å². The van der Waals surface area contributed by atoms with Crippen molar-refractivity contribution in [3.8, 4) is 0 Å². The minimum absolute atomic E-state index is 0.0954. The van der Waals surface area contributed by atoms with E-state index in [0.717, 1.165) is 12.8 Å². The third kappa shape index (κ3) is 5.13. The van der Waals surface area contributed by atoms with Gasteiger partial charge in [0.1, 0.15) is 5.69 Å². The van der Waals surface area contributed by atoms with Crippen LogP contribution < -0.4 is 10.9 Å². The average molecular weight is 434 g/mol. The number of amides is 1. The number of carbonyl (C=O) groups excluding carboxylic acids is 1. The summed E-state index contributed by atoms with van der Waals surface area (Å²) in [5, 5.41) is 6.79. The van der Waals surface area contributed by atoms with Gasteiger partial charge >= 0.3 is 0 Å². The summed E-state index contributed by atoms with van der Waals surface area (Å²) >= 11 is 0. The zero-order valence-electron chi connectivity index (χ0n) is 17.2. The maximum atomic E-state index is 12.9. The molecule has 0 saturated carbocycles. The molecule has 1 amide bonds. The van der Waals surface area contributed by atoms with E-state index < -0.39 is 15.9 Å². The van der Waals surface area contributed by atoms with Crippen LogP contribution in [0.15, 0.2) is 46.1 Å². The molecule has 0 unspecified atom stereocenters. The van der Waals surface area contributed by atoms with E-state index in [4.69, 9.17) is 0 Å². The van der Waals surface area contributed by atoms with Crippen LogP contribution in [0.5, 0.6) is 0 Å². The highest BCUT2D eigenvalue weighted by molar-refractivity contribution is 7.89. The zero-order valence-corrected chi connectivity index (χ0v) is 18.1. The number of rotatable bonds is 7. The molecule has 1 aromatic carbocycles. The van der Waals surface area contributed by atoms with Crippen LogP contribution in [0.3, 0.4) is 0 Å². The van der Waals surface area contributed by atoms with Crippen molar-refractivity contribution in [2.75, 3.05) is 38.5 Å². The lowest BCUT2D eigenvalue weighted by Crippen LogP contribution is -2.47. The number of aryl methyl sites for hydroxylation is 1. The van der Waals surface area contributed by atoms with Gasteiger partial charge in [-0.1, -0.05) is 19.4 Å². The minimum atomic E-state index is -3.64. The molecule has 1 aromatic heterocycles. The number of hydrogen-bond acceptors (Lipinski definition) is 6. The van der Waals surface area contributed by atoms with E-state index in [1.807, 2.05) is 14.0 Å². The first-order chi connectivity index (χ1) is 14.3. The molecule has 1 aliphatic heterocycles. The van der Waals surface area contributed by atoms with Crippen molar-refractivity contribution < 1.29 is 13.2 Å². The molecular weight excluding hydrogens is 406 g/mol. The van der Waals surface area contributed by atoms with Gasteiger partial charge in [-0.05, 0) is 37.7 Å². The number of aromatic nitrogens is 2. The van der Waals surface area contributed by atoms with Crippen LogP contribution in [0.25, 0.3) is 0 Å². The van der Waals surface area contributed by atoms with Crippen molar-refractivity contribution in [2.24, 2.45) is 0 Å². The van der Waals surface area contributed by atoms with Gasteiger partial charge in [0.05, 0.1) is 4.90 Å². The summed E-state index contributed by atoms with van der Waals surface area (Å²) in [6.07, 6.45) is 1.68. The Balaban J connectivity index is 1.77. The third-order valence-corrected chi connectivity index (χ3v) is 6.91. The zero-order chi connectivity index (χ0) is 21.7. The molecule has 162 valence electrons. The molecule has 9 nitrogen and oxygen atoms in total. The number of nitrogens with zero attached hydrogens (tertiary/aromatic N) is 4. The van der Waals surface area contributed by atoms with Crippen molar-refractivity contribution in [3.63, 3.8) is 0 Å². The minimum Gasteiger partial charge on any atom is -0.321 e. The SMILES string of the molecule is CCCCn1nc(C(=O)Nc2cccc(S(=O)(=O)N3CCN(C)CC3)c2)ccc1=O.